The summed E-state index contributed by atoms with van der Waals surface area (Å²) in [6.07, 6.45) is 1.04. The molecule has 0 radical (unpaired) electrons. The Morgan fingerprint density at radius 1 is 1.11 bits per heavy atom. The molecule has 0 aliphatic carbocycles. The molecule has 7 nitrogen and oxygen atoms in total. The van der Waals surface area contributed by atoms with Gasteiger partial charge >= 0.3 is 5.97 Å². The molecule has 0 aliphatic rings. The van der Waals surface area contributed by atoms with E-state index in [9.17, 15) is 18.0 Å². The molecule has 0 aromatic heterocycles. The lowest BCUT2D eigenvalue weighted by molar-refractivity contribution is -0.145. The van der Waals surface area contributed by atoms with Gasteiger partial charge < -0.3 is 9.64 Å². The Hall–Kier alpha value is -2.87. The van der Waals surface area contributed by atoms with Crippen molar-refractivity contribution in [3.8, 4) is 0 Å². The molecule has 2 aromatic carbocycles. The van der Waals surface area contributed by atoms with Gasteiger partial charge in [0.25, 0.3) is 5.91 Å². The molecule has 1 unspecified atom stereocenters. The summed E-state index contributed by atoms with van der Waals surface area (Å²) >= 11 is 0. The summed E-state index contributed by atoms with van der Waals surface area (Å²) in [4.78, 5) is 26.5. The van der Waals surface area contributed by atoms with Crippen molar-refractivity contribution in [3.63, 3.8) is 0 Å². The number of anilines is 1. The molecule has 0 saturated heterocycles. The second-order valence-electron chi connectivity index (χ2n) is 6.55. The molecule has 1 N–H and O–H groups in total. The van der Waals surface area contributed by atoms with Crippen LogP contribution in [-0.2, 0) is 26.1 Å². The van der Waals surface area contributed by atoms with Crippen molar-refractivity contribution >= 4 is 27.6 Å². The van der Waals surface area contributed by atoms with Crippen LogP contribution in [0.1, 0.15) is 22.8 Å². The van der Waals surface area contributed by atoms with Crippen molar-refractivity contribution < 1.29 is 22.7 Å². The lowest BCUT2D eigenvalue weighted by Gasteiger charge is -2.25. The van der Waals surface area contributed by atoms with Crippen LogP contribution in [0, 0.1) is 5.92 Å². The van der Waals surface area contributed by atoms with Gasteiger partial charge in [0, 0.05) is 24.3 Å². The Bertz CT molecular complexity index is 929. The van der Waals surface area contributed by atoms with Crippen LogP contribution < -0.4 is 4.72 Å². The molecule has 150 valence electrons. The number of esters is 1. The first-order valence-corrected chi connectivity index (χ1v) is 10.6. The summed E-state index contributed by atoms with van der Waals surface area (Å²) in [6, 6.07) is 15.7. The van der Waals surface area contributed by atoms with Crippen LogP contribution in [0.4, 0.5) is 5.69 Å². The van der Waals surface area contributed by atoms with Crippen LogP contribution in [0.15, 0.2) is 54.6 Å². The molecule has 0 saturated carbocycles. The third-order valence-electron chi connectivity index (χ3n) is 4.01. The highest BCUT2D eigenvalue weighted by atomic mass is 32.2. The van der Waals surface area contributed by atoms with E-state index in [0.717, 1.165) is 11.8 Å². The molecule has 2 aromatic rings. The fraction of sp³-hybridized carbons (Fsp3) is 0.300. The van der Waals surface area contributed by atoms with Crippen LogP contribution in [0.25, 0.3) is 0 Å². The SMILES string of the molecule is COC(=O)C(C)CN(Cc1ccccc1)C(=O)c1cccc(NS(C)(=O)=O)c1. The van der Waals surface area contributed by atoms with Gasteiger partial charge in [-0.25, -0.2) is 8.42 Å². The summed E-state index contributed by atoms with van der Waals surface area (Å²) in [5, 5.41) is 0. The Morgan fingerprint density at radius 3 is 2.39 bits per heavy atom. The highest BCUT2D eigenvalue weighted by molar-refractivity contribution is 7.92. The Kier molecular flexibility index (Phi) is 7.17. The van der Waals surface area contributed by atoms with Crippen LogP contribution in [0.5, 0.6) is 0 Å². The maximum absolute atomic E-state index is 13.1. The number of carbonyl (C=O) groups is 2. The number of ether oxygens (including phenoxy) is 1. The second-order valence-corrected chi connectivity index (χ2v) is 8.30. The highest BCUT2D eigenvalue weighted by Gasteiger charge is 2.23. The van der Waals surface area contributed by atoms with Gasteiger partial charge in [-0.15, -0.1) is 0 Å². The van der Waals surface area contributed by atoms with Gasteiger partial charge in [-0.2, -0.15) is 0 Å². The van der Waals surface area contributed by atoms with Gasteiger partial charge in [-0.05, 0) is 23.8 Å². The molecule has 0 spiro atoms. The normalized spacial score (nSPS) is 12.1. The summed E-state index contributed by atoms with van der Waals surface area (Å²) in [5.41, 5.74) is 1.54. The standard InChI is InChI=1S/C20H24N2O5S/c1-15(20(24)27-2)13-22(14-16-8-5-4-6-9-16)19(23)17-10-7-11-18(12-17)21-28(3,25)26/h4-12,15,21H,13-14H2,1-3H3. The molecule has 0 heterocycles. The number of carbonyl (C=O) groups excluding carboxylic acids is 2. The molecule has 1 amide bonds. The Morgan fingerprint density at radius 2 is 1.79 bits per heavy atom. The topological polar surface area (TPSA) is 92.8 Å². The average Bonchev–Trinajstić information content (AvgIpc) is 2.65. The predicted molar refractivity (Wildman–Crippen MR) is 107 cm³/mol. The summed E-state index contributed by atoms with van der Waals surface area (Å²) in [5.74, 6) is -1.22. The fourth-order valence-electron chi connectivity index (χ4n) is 2.74. The van der Waals surface area contributed by atoms with Crippen molar-refractivity contribution in [3.05, 3.63) is 65.7 Å². The molecule has 2 rings (SSSR count). The Balaban J connectivity index is 2.29. The minimum atomic E-state index is -3.46. The number of hydrogen-bond acceptors (Lipinski definition) is 5. The van der Waals surface area contributed by atoms with E-state index in [0.29, 0.717) is 17.8 Å². The van der Waals surface area contributed by atoms with Gasteiger partial charge in [0.1, 0.15) is 0 Å². The quantitative estimate of drug-likeness (QED) is 0.683. The summed E-state index contributed by atoms with van der Waals surface area (Å²) < 4.78 is 30.0. The van der Waals surface area contributed by atoms with Crippen LogP contribution >= 0.6 is 0 Å². The number of methoxy groups -OCH3 is 1. The third-order valence-corrected chi connectivity index (χ3v) is 4.62. The first kappa shape index (κ1) is 21.4. The van der Waals surface area contributed by atoms with E-state index in [1.807, 2.05) is 30.3 Å². The largest absolute Gasteiger partial charge is 0.469 e. The van der Waals surface area contributed by atoms with Gasteiger partial charge in [0.2, 0.25) is 10.0 Å². The number of hydrogen-bond donors (Lipinski definition) is 1. The third kappa shape index (κ3) is 6.38. The number of rotatable bonds is 8. The molecule has 0 fully saturated rings. The van der Waals surface area contributed by atoms with Gasteiger partial charge in [0.05, 0.1) is 19.3 Å². The molecule has 28 heavy (non-hydrogen) atoms. The van der Waals surface area contributed by atoms with Crippen molar-refractivity contribution in [1.29, 1.82) is 0 Å². The van der Waals surface area contributed by atoms with Crippen LogP contribution in [-0.4, -0.2) is 45.1 Å². The predicted octanol–water partition coefficient (Wildman–Crippen LogP) is 2.51. The zero-order chi connectivity index (χ0) is 20.7. The first-order valence-electron chi connectivity index (χ1n) is 8.68. The van der Waals surface area contributed by atoms with Crippen molar-refractivity contribution in [1.82, 2.24) is 4.90 Å². The molecule has 0 bridgehead atoms. The van der Waals surface area contributed by atoms with E-state index in [1.54, 1.807) is 30.0 Å². The fourth-order valence-corrected chi connectivity index (χ4v) is 3.30. The molecule has 1 atom stereocenters. The average molecular weight is 404 g/mol. The minimum absolute atomic E-state index is 0.171. The van der Waals surface area contributed by atoms with E-state index in [4.69, 9.17) is 4.74 Å². The molecule has 8 heteroatoms. The van der Waals surface area contributed by atoms with Crippen LogP contribution in [0.2, 0.25) is 0 Å². The zero-order valence-electron chi connectivity index (χ0n) is 16.1. The van der Waals surface area contributed by atoms with E-state index >= 15 is 0 Å². The van der Waals surface area contributed by atoms with E-state index in [1.165, 1.54) is 13.2 Å². The van der Waals surface area contributed by atoms with Gasteiger partial charge in [-0.1, -0.05) is 43.3 Å². The number of benzene rings is 2. The lowest BCUT2D eigenvalue weighted by atomic mass is 10.1. The van der Waals surface area contributed by atoms with Crippen molar-refractivity contribution in [2.24, 2.45) is 5.92 Å². The molecular formula is C20H24N2O5S. The molecular weight excluding hydrogens is 380 g/mol. The smallest absolute Gasteiger partial charge is 0.310 e. The van der Waals surface area contributed by atoms with Gasteiger partial charge in [-0.3, -0.25) is 14.3 Å². The van der Waals surface area contributed by atoms with Gasteiger partial charge in [0.15, 0.2) is 0 Å². The second kappa shape index (κ2) is 9.36. The minimum Gasteiger partial charge on any atom is -0.469 e. The summed E-state index contributed by atoms with van der Waals surface area (Å²) in [7, 11) is -2.15. The highest BCUT2D eigenvalue weighted by Crippen LogP contribution is 2.17. The summed E-state index contributed by atoms with van der Waals surface area (Å²) in [6.45, 7) is 2.17. The van der Waals surface area contributed by atoms with E-state index < -0.39 is 21.9 Å². The van der Waals surface area contributed by atoms with E-state index in [2.05, 4.69) is 4.72 Å². The van der Waals surface area contributed by atoms with Crippen LogP contribution in [0.3, 0.4) is 0 Å². The molecule has 0 aliphatic heterocycles. The number of amides is 1. The zero-order valence-corrected chi connectivity index (χ0v) is 16.9. The Labute approximate surface area is 165 Å². The monoisotopic (exact) mass is 404 g/mol. The number of nitrogens with one attached hydrogen (secondary N) is 1. The maximum Gasteiger partial charge on any atom is 0.310 e. The maximum atomic E-state index is 13.1. The number of sulfonamides is 1. The van der Waals surface area contributed by atoms with Crippen molar-refractivity contribution in [2.75, 3.05) is 24.6 Å². The van der Waals surface area contributed by atoms with Crippen molar-refractivity contribution in [2.45, 2.75) is 13.5 Å². The lowest BCUT2D eigenvalue weighted by Crippen LogP contribution is -2.37. The first-order chi connectivity index (χ1) is 13.2. The van der Waals surface area contributed by atoms with E-state index in [-0.39, 0.29) is 12.5 Å². The number of nitrogens with zero attached hydrogens (tertiary/aromatic N) is 1.